The highest BCUT2D eigenvalue weighted by Crippen LogP contribution is 2.27. The number of hydrogen-bond donors (Lipinski definition) is 1. The molecule has 0 atom stereocenters. The van der Waals surface area contributed by atoms with Crippen LogP contribution in [0.3, 0.4) is 0 Å². The third-order valence-corrected chi connectivity index (χ3v) is 2.18. The van der Waals surface area contributed by atoms with Crippen molar-refractivity contribution in [3.8, 4) is 5.75 Å². The molecule has 0 saturated heterocycles. The quantitative estimate of drug-likeness (QED) is 0.679. The molecule has 0 saturated carbocycles. The molecule has 9 heteroatoms. The molecule has 0 unspecified atom stereocenters. The first-order valence-electron chi connectivity index (χ1n) is 4.44. The fraction of sp³-hybridized carbons (Fsp3) is 0.333. The van der Waals surface area contributed by atoms with E-state index in [4.69, 9.17) is 11.6 Å². The number of pyridine rings is 1. The number of esters is 1. The Morgan fingerprint density at radius 3 is 2.56 bits per heavy atom. The van der Waals surface area contributed by atoms with E-state index in [1.54, 1.807) is 0 Å². The summed E-state index contributed by atoms with van der Waals surface area (Å²) in [7, 11) is 0.983. The number of alkyl halides is 4. The van der Waals surface area contributed by atoms with E-state index >= 15 is 0 Å². The van der Waals surface area contributed by atoms with Crippen LogP contribution >= 0.6 is 11.6 Å². The summed E-state index contributed by atoms with van der Waals surface area (Å²) in [5.41, 5.74) is -1.91. The molecular weight excluding hydrogens is 279 g/mol. The second kappa shape index (κ2) is 5.30. The fourth-order valence-corrected chi connectivity index (χ4v) is 1.48. The van der Waals surface area contributed by atoms with Crippen LogP contribution in [0.1, 0.15) is 15.9 Å². The van der Waals surface area contributed by atoms with Crippen LogP contribution in [-0.4, -0.2) is 24.4 Å². The lowest BCUT2D eigenvalue weighted by molar-refractivity contribution is -0.275. The minimum atomic E-state index is -4.97. The SMILES string of the molecule is COC(=O)c1c(CCl)c(OC(F)(F)F)c[nH]c1=O. The van der Waals surface area contributed by atoms with Crippen molar-refractivity contribution < 1.29 is 27.4 Å². The second-order valence-electron chi connectivity index (χ2n) is 3.01. The lowest BCUT2D eigenvalue weighted by Crippen LogP contribution is -2.25. The molecule has 0 spiro atoms. The molecule has 0 radical (unpaired) electrons. The first-order valence-corrected chi connectivity index (χ1v) is 4.98. The van der Waals surface area contributed by atoms with E-state index in [0.717, 1.165) is 7.11 Å². The van der Waals surface area contributed by atoms with Crippen LogP contribution in [0.2, 0.25) is 0 Å². The van der Waals surface area contributed by atoms with Crippen LogP contribution in [0.15, 0.2) is 11.0 Å². The van der Waals surface area contributed by atoms with Gasteiger partial charge in [-0.15, -0.1) is 24.8 Å². The summed E-state index contributed by atoms with van der Waals surface area (Å²) in [5, 5.41) is 0. The summed E-state index contributed by atoms with van der Waals surface area (Å²) in [4.78, 5) is 24.6. The Kier molecular flexibility index (Phi) is 4.23. The van der Waals surface area contributed by atoms with Gasteiger partial charge in [-0.25, -0.2) is 4.79 Å². The summed E-state index contributed by atoms with van der Waals surface area (Å²) >= 11 is 5.43. The number of rotatable bonds is 3. The van der Waals surface area contributed by atoms with Crippen molar-refractivity contribution in [2.45, 2.75) is 12.2 Å². The Balaban J connectivity index is 3.39. The number of aromatic amines is 1. The summed E-state index contributed by atoms with van der Waals surface area (Å²) in [6.45, 7) is 0. The van der Waals surface area contributed by atoms with E-state index in [1.807, 2.05) is 4.98 Å². The highest BCUT2D eigenvalue weighted by atomic mass is 35.5. The molecule has 1 rings (SSSR count). The summed E-state index contributed by atoms with van der Waals surface area (Å²) in [6, 6.07) is 0. The number of nitrogens with one attached hydrogen (secondary N) is 1. The Morgan fingerprint density at radius 2 is 2.11 bits per heavy atom. The van der Waals surface area contributed by atoms with Gasteiger partial charge in [0.1, 0.15) is 5.56 Å². The largest absolute Gasteiger partial charge is 0.573 e. The van der Waals surface area contributed by atoms with E-state index in [0.29, 0.717) is 6.20 Å². The number of ether oxygens (including phenoxy) is 2. The average Bonchev–Trinajstić information content (AvgIpc) is 2.28. The standard InChI is InChI=1S/C9H7ClF3NO4/c1-17-8(16)6-4(2-10)5(3-14-7(6)15)18-9(11,12)13/h3H,2H2,1H3,(H,14,15). The van der Waals surface area contributed by atoms with E-state index in [2.05, 4.69) is 9.47 Å². The summed E-state index contributed by atoms with van der Waals surface area (Å²) < 4.78 is 44.2. The van der Waals surface area contributed by atoms with E-state index in [1.165, 1.54) is 0 Å². The molecule has 18 heavy (non-hydrogen) atoms. The van der Waals surface area contributed by atoms with Crippen molar-refractivity contribution in [3.63, 3.8) is 0 Å². The molecule has 0 fully saturated rings. The van der Waals surface area contributed by atoms with Gasteiger partial charge in [0.25, 0.3) is 5.56 Å². The maximum Gasteiger partial charge on any atom is 0.573 e. The summed E-state index contributed by atoms with van der Waals surface area (Å²) in [6.07, 6.45) is -4.29. The zero-order chi connectivity index (χ0) is 13.9. The Bertz CT molecular complexity index is 512. The van der Waals surface area contributed by atoms with Crippen LogP contribution in [0, 0.1) is 0 Å². The molecule has 0 aliphatic rings. The molecule has 1 N–H and O–H groups in total. The minimum Gasteiger partial charge on any atom is -0.465 e. The van der Waals surface area contributed by atoms with Crippen molar-refractivity contribution >= 4 is 17.6 Å². The van der Waals surface area contributed by atoms with Crippen molar-refractivity contribution in [1.29, 1.82) is 0 Å². The van der Waals surface area contributed by atoms with Gasteiger partial charge in [-0.3, -0.25) is 4.79 Å². The topological polar surface area (TPSA) is 68.4 Å². The van der Waals surface area contributed by atoms with Gasteiger partial charge in [0.05, 0.1) is 13.0 Å². The van der Waals surface area contributed by atoms with Gasteiger partial charge in [-0.2, -0.15) is 0 Å². The second-order valence-corrected chi connectivity index (χ2v) is 3.28. The zero-order valence-electron chi connectivity index (χ0n) is 8.93. The van der Waals surface area contributed by atoms with Gasteiger partial charge in [0.2, 0.25) is 0 Å². The number of hydrogen-bond acceptors (Lipinski definition) is 4. The number of halogens is 4. The van der Waals surface area contributed by atoms with Gasteiger partial charge in [-0.1, -0.05) is 0 Å². The molecule has 1 heterocycles. The highest BCUT2D eigenvalue weighted by molar-refractivity contribution is 6.18. The lowest BCUT2D eigenvalue weighted by atomic mass is 10.1. The van der Waals surface area contributed by atoms with Gasteiger partial charge in [-0.05, 0) is 0 Å². The third kappa shape index (κ3) is 3.16. The van der Waals surface area contributed by atoms with Gasteiger partial charge >= 0.3 is 12.3 Å². The first kappa shape index (κ1) is 14.4. The fourth-order valence-electron chi connectivity index (χ4n) is 1.22. The monoisotopic (exact) mass is 285 g/mol. The Hall–Kier alpha value is -1.70. The smallest absolute Gasteiger partial charge is 0.465 e. The molecule has 1 aromatic heterocycles. The predicted molar refractivity (Wildman–Crippen MR) is 54.6 cm³/mol. The maximum atomic E-state index is 12.1. The number of carbonyl (C=O) groups is 1. The molecular formula is C9H7ClF3NO4. The Morgan fingerprint density at radius 1 is 1.50 bits per heavy atom. The highest BCUT2D eigenvalue weighted by Gasteiger charge is 2.33. The van der Waals surface area contributed by atoms with Crippen molar-refractivity contribution in [2.75, 3.05) is 7.11 Å². The average molecular weight is 286 g/mol. The van der Waals surface area contributed by atoms with Crippen LogP contribution in [0.4, 0.5) is 13.2 Å². The van der Waals surface area contributed by atoms with Gasteiger partial charge in [0.15, 0.2) is 5.75 Å². The lowest BCUT2D eigenvalue weighted by Gasteiger charge is -2.13. The van der Waals surface area contributed by atoms with Crippen molar-refractivity contribution in [2.24, 2.45) is 0 Å². The predicted octanol–water partition coefficient (Wildman–Crippen LogP) is 1.80. The molecule has 0 aliphatic heterocycles. The van der Waals surface area contributed by atoms with E-state index in [9.17, 15) is 22.8 Å². The molecule has 0 bridgehead atoms. The first-order chi connectivity index (χ1) is 8.30. The number of methoxy groups -OCH3 is 1. The van der Waals surface area contributed by atoms with E-state index in [-0.39, 0.29) is 5.56 Å². The molecule has 5 nitrogen and oxygen atoms in total. The van der Waals surface area contributed by atoms with Crippen LogP contribution < -0.4 is 10.3 Å². The van der Waals surface area contributed by atoms with Gasteiger partial charge in [0, 0.05) is 11.8 Å². The van der Waals surface area contributed by atoms with Crippen LogP contribution in [0.25, 0.3) is 0 Å². The summed E-state index contributed by atoms with van der Waals surface area (Å²) in [5.74, 6) is -2.36. The van der Waals surface area contributed by atoms with E-state index < -0.39 is 35.1 Å². The molecule has 0 amide bonds. The number of H-pyrrole nitrogens is 1. The zero-order valence-corrected chi connectivity index (χ0v) is 9.69. The van der Waals surface area contributed by atoms with Crippen LogP contribution in [-0.2, 0) is 10.6 Å². The Labute approximate surface area is 103 Å². The van der Waals surface area contributed by atoms with Crippen molar-refractivity contribution in [3.05, 3.63) is 27.7 Å². The molecule has 1 aromatic rings. The normalized spacial score (nSPS) is 11.2. The molecule has 0 aliphatic carbocycles. The molecule has 0 aromatic carbocycles. The molecule has 100 valence electrons. The number of aromatic nitrogens is 1. The number of carbonyl (C=O) groups excluding carboxylic acids is 1. The maximum absolute atomic E-state index is 12.1. The van der Waals surface area contributed by atoms with Crippen LogP contribution in [0.5, 0.6) is 5.75 Å². The van der Waals surface area contributed by atoms with Crippen molar-refractivity contribution in [1.82, 2.24) is 4.98 Å². The minimum absolute atomic E-state index is 0.385. The third-order valence-electron chi connectivity index (χ3n) is 1.91. The van der Waals surface area contributed by atoms with Gasteiger partial charge < -0.3 is 14.5 Å².